The van der Waals surface area contributed by atoms with E-state index in [2.05, 4.69) is 34.3 Å². The lowest BCUT2D eigenvalue weighted by atomic mass is 9.98. The highest BCUT2D eigenvalue weighted by molar-refractivity contribution is 14.0. The monoisotopic (exact) mass is 505 g/mol. The molecule has 1 heterocycles. The first-order chi connectivity index (χ1) is 13.2. The van der Waals surface area contributed by atoms with Crippen molar-refractivity contribution >= 4 is 29.9 Å². The molecule has 0 saturated carbocycles. The van der Waals surface area contributed by atoms with Gasteiger partial charge in [-0.25, -0.2) is 0 Å². The molecule has 0 spiro atoms. The van der Waals surface area contributed by atoms with E-state index in [0.717, 1.165) is 50.8 Å². The summed E-state index contributed by atoms with van der Waals surface area (Å²) in [5, 5.41) is 3.52. The van der Waals surface area contributed by atoms with Crippen molar-refractivity contribution in [1.82, 2.24) is 10.2 Å². The number of methoxy groups -OCH3 is 2. The number of halogens is 1. The van der Waals surface area contributed by atoms with Crippen molar-refractivity contribution in [1.29, 1.82) is 0 Å². The van der Waals surface area contributed by atoms with Gasteiger partial charge in [0.1, 0.15) is 5.75 Å². The van der Waals surface area contributed by atoms with Crippen molar-refractivity contribution in [3.63, 3.8) is 0 Å². The van der Waals surface area contributed by atoms with Gasteiger partial charge in [0.2, 0.25) is 0 Å². The normalized spacial score (nSPS) is 17.9. The molecule has 0 amide bonds. The topological polar surface area (TPSA) is 55.3 Å². The van der Waals surface area contributed by atoms with E-state index in [-0.39, 0.29) is 24.0 Å². The minimum Gasteiger partial charge on any atom is -0.497 e. The summed E-state index contributed by atoms with van der Waals surface area (Å²) in [6.07, 6.45) is 2.21. The third kappa shape index (κ3) is 8.13. The quantitative estimate of drug-likeness (QED) is 0.229. The predicted molar refractivity (Wildman–Crippen MR) is 125 cm³/mol. The fourth-order valence-electron chi connectivity index (χ4n) is 3.39. The van der Waals surface area contributed by atoms with Crippen molar-refractivity contribution in [2.45, 2.75) is 25.7 Å². The smallest absolute Gasteiger partial charge is 0.193 e. The van der Waals surface area contributed by atoms with Crippen LogP contribution in [0, 0.1) is 5.92 Å². The third-order valence-corrected chi connectivity index (χ3v) is 5.13. The van der Waals surface area contributed by atoms with E-state index in [1.54, 1.807) is 14.2 Å². The Kier molecular flexibility index (Phi) is 12.5. The lowest BCUT2D eigenvalue weighted by Crippen LogP contribution is -2.40. The molecule has 0 bridgehead atoms. The Bertz CT molecular complexity index is 569. The van der Waals surface area contributed by atoms with E-state index in [1.807, 2.05) is 19.2 Å². The number of nitrogens with one attached hydrogen (secondary N) is 1. The standard InChI is InChI=1S/C21H35N3O3.HI/c1-17(19-5-7-20(26-4)8-6-19)9-11-23-21(22-2)24-12-10-18(15-24)16-27-14-13-25-3;/h5-8,17-18H,9-16H2,1-4H3,(H,22,23);1H. The van der Waals surface area contributed by atoms with Gasteiger partial charge in [0.25, 0.3) is 0 Å². The van der Waals surface area contributed by atoms with Crippen LogP contribution in [0.3, 0.4) is 0 Å². The van der Waals surface area contributed by atoms with Crippen LogP contribution in [0.2, 0.25) is 0 Å². The van der Waals surface area contributed by atoms with Gasteiger partial charge >= 0.3 is 0 Å². The Balaban J connectivity index is 0.00000392. The first-order valence-electron chi connectivity index (χ1n) is 9.84. The molecule has 2 rings (SSSR count). The number of hydrogen-bond donors (Lipinski definition) is 1. The summed E-state index contributed by atoms with van der Waals surface area (Å²) < 4.78 is 15.9. The zero-order chi connectivity index (χ0) is 19.5. The molecule has 1 fully saturated rings. The summed E-state index contributed by atoms with van der Waals surface area (Å²) in [5.74, 6) is 2.95. The molecule has 1 aromatic carbocycles. The van der Waals surface area contributed by atoms with Crippen LogP contribution in [-0.2, 0) is 9.47 Å². The molecule has 6 nitrogen and oxygen atoms in total. The van der Waals surface area contributed by atoms with Crippen molar-refractivity contribution < 1.29 is 14.2 Å². The molecule has 1 aliphatic heterocycles. The highest BCUT2D eigenvalue weighted by Crippen LogP contribution is 2.21. The van der Waals surface area contributed by atoms with Gasteiger partial charge in [-0.05, 0) is 36.5 Å². The maximum atomic E-state index is 5.68. The van der Waals surface area contributed by atoms with Gasteiger partial charge in [-0.2, -0.15) is 0 Å². The number of rotatable bonds is 10. The van der Waals surface area contributed by atoms with E-state index in [9.17, 15) is 0 Å². The van der Waals surface area contributed by atoms with Gasteiger partial charge in [0.05, 0.1) is 26.9 Å². The fraction of sp³-hybridized carbons (Fsp3) is 0.667. The summed E-state index contributed by atoms with van der Waals surface area (Å²) in [4.78, 5) is 6.80. The van der Waals surface area contributed by atoms with Crippen LogP contribution in [0.5, 0.6) is 5.75 Å². The lowest BCUT2D eigenvalue weighted by molar-refractivity contribution is 0.0536. The van der Waals surface area contributed by atoms with Crippen molar-refractivity contribution in [3.8, 4) is 5.75 Å². The molecule has 7 heteroatoms. The Morgan fingerprint density at radius 3 is 2.64 bits per heavy atom. The predicted octanol–water partition coefficient (Wildman–Crippen LogP) is 3.37. The van der Waals surface area contributed by atoms with Crippen molar-refractivity contribution in [2.24, 2.45) is 10.9 Å². The maximum Gasteiger partial charge on any atom is 0.193 e. The van der Waals surface area contributed by atoms with Crippen LogP contribution >= 0.6 is 24.0 Å². The lowest BCUT2D eigenvalue weighted by Gasteiger charge is -2.22. The molecule has 0 aromatic heterocycles. The van der Waals surface area contributed by atoms with E-state index < -0.39 is 0 Å². The number of guanidine groups is 1. The largest absolute Gasteiger partial charge is 0.497 e. The van der Waals surface area contributed by atoms with Gasteiger partial charge in [0, 0.05) is 39.7 Å². The van der Waals surface area contributed by atoms with Crippen LogP contribution in [0.4, 0.5) is 0 Å². The van der Waals surface area contributed by atoms with Gasteiger partial charge in [-0.1, -0.05) is 19.1 Å². The number of likely N-dealkylation sites (tertiary alicyclic amines) is 1. The van der Waals surface area contributed by atoms with Crippen LogP contribution < -0.4 is 10.1 Å². The summed E-state index contributed by atoms with van der Waals surface area (Å²) in [6.45, 7) is 7.33. The first-order valence-corrected chi connectivity index (χ1v) is 9.84. The van der Waals surface area contributed by atoms with Gasteiger partial charge in [-0.3, -0.25) is 4.99 Å². The van der Waals surface area contributed by atoms with Crippen molar-refractivity contribution in [3.05, 3.63) is 29.8 Å². The molecule has 1 aliphatic rings. The second-order valence-electron chi connectivity index (χ2n) is 7.11. The molecular weight excluding hydrogens is 469 g/mol. The highest BCUT2D eigenvalue weighted by atomic mass is 127. The molecule has 0 radical (unpaired) electrons. The zero-order valence-corrected chi connectivity index (χ0v) is 20.0. The number of nitrogens with zero attached hydrogens (tertiary/aromatic N) is 2. The molecule has 2 unspecified atom stereocenters. The zero-order valence-electron chi connectivity index (χ0n) is 17.6. The average Bonchev–Trinajstić information content (AvgIpc) is 3.17. The summed E-state index contributed by atoms with van der Waals surface area (Å²) in [6, 6.07) is 8.34. The number of hydrogen-bond acceptors (Lipinski definition) is 4. The molecule has 28 heavy (non-hydrogen) atoms. The fourth-order valence-corrected chi connectivity index (χ4v) is 3.39. The SMILES string of the molecule is CN=C(NCCC(C)c1ccc(OC)cc1)N1CCC(COCCOC)C1.I. The Hall–Kier alpha value is -1.06. The first kappa shape index (κ1) is 25.0. The highest BCUT2D eigenvalue weighted by Gasteiger charge is 2.24. The van der Waals surface area contributed by atoms with Gasteiger partial charge in [0.15, 0.2) is 5.96 Å². The minimum atomic E-state index is 0. The summed E-state index contributed by atoms with van der Waals surface area (Å²) in [7, 11) is 5.26. The Morgan fingerprint density at radius 2 is 2.00 bits per heavy atom. The average molecular weight is 505 g/mol. The number of benzene rings is 1. The number of ether oxygens (including phenoxy) is 3. The van der Waals surface area contributed by atoms with Crippen LogP contribution in [0.15, 0.2) is 29.3 Å². The van der Waals surface area contributed by atoms with Crippen LogP contribution in [0.1, 0.15) is 31.2 Å². The third-order valence-electron chi connectivity index (χ3n) is 5.13. The Labute approximate surface area is 187 Å². The van der Waals surface area contributed by atoms with E-state index in [0.29, 0.717) is 25.0 Å². The van der Waals surface area contributed by atoms with E-state index >= 15 is 0 Å². The van der Waals surface area contributed by atoms with Crippen molar-refractivity contribution in [2.75, 3.05) is 60.7 Å². The summed E-state index contributed by atoms with van der Waals surface area (Å²) >= 11 is 0. The summed E-state index contributed by atoms with van der Waals surface area (Å²) in [5.41, 5.74) is 1.34. The molecule has 1 N–H and O–H groups in total. The van der Waals surface area contributed by atoms with Gasteiger partial charge in [-0.15, -0.1) is 24.0 Å². The molecule has 0 aliphatic carbocycles. The molecule has 1 saturated heterocycles. The minimum absolute atomic E-state index is 0. The molecule has 2 atom stereocenters. The van der Waals surface area contributed by atoms with E-state index in [1.165, 1.54) is 5.56 Å². The second-order valence-corrected chi connectivity index (χ2v) is 7.11. The maximum absolute atomic E-state index is 5.68. The molecule has 160 valence electrons. The second kappa shape index (κ2) is 14.0. The van der Waals surface area contributed by atoms with E-state index in [4.69, 9.17) is 14.2 Å². The molecular formula is C21H36IN3O3. The van der Waals surface area contributed by atoms with Gasteiger partial charge < -0.3 is 24.4 Å². The Morgan fingerprint density at radius 1 is 1.25 bits per heavy atom. The van der Waals surface area contributed by atoms with Crippen LogP contribution in [0.25, 0.3) is 0 Å². The number of aliphatic imine (C=N–C) groups is 1. The van der Waals surface area contributed by atoms with Crippen LogP contribution in [-0.4, -0.2) is 71.6 Å². The molecule has 1 aromatic rings.